The van der Waals surface area contributed by atoms with Crippen LogP contribution in [0.25, 0.3) is 0 Å². The maximum Gasteiger partial charge on any atom is 0.0332 e. The number of hydrogen-bond donors (Lipinski definition) is 1. The van der Waals surface area contributed by atoms with Crippen molar-refractivity contribution >= 4 is 0 Å². The van der Waals surface area contributed by atoms with Crippen molar-refractivity contribution in [2.75, 3.05) is 26.7 Å². The van der Waals surface area contributed by atoms with Crippen LogP contribution in [0.4, 0.5) is 0 Å². The first kappa shape index (κ1) is 14.5. The molecule has 1 heterocycles. The highest BCUT2D eigenvalue weighted by molar-refractivity contribution is 5.28. The van der Waals surface area contributed by atoms with Crippen LogP contribution in [0.2, 0.25) is 0 Å². The van der Waals surface area contributed by atoms with Crippen LogP contribution in [0.15, 0.2) is 24.3 Å². The average Bonchev–Trinajstić information content (AvgIpc) is 2.72. The Bertz CT molecular complexity index is 411. The van der Waals surface area contributed by atoms with E-state index in [1.165, 1.54) is 43.6 Å². The van der Waals surface area contributed by atoms with Crippen LogP contribution < -0.4 is 5.32 Å². The lowest BCUT2D eigenvalue weighted by atomic mass is 9.93. The van der Waals surface area contributed by atoms with Crippen LogP contribution in [0.1, 0.15) is 43.9 Å². The van der Waals surface area contributed by atoms with Gasteiger partial charge in [-0.25, -0.2) is 0 Å². The number of rotatable bonds is 5. The lowest BCUT2D eigenvalue weighted by Gasteiger charge is -2.24. The van der Waals surface area contributed by atoms with E-state index in [0.717, 1.165) is 0 Å². The van der Waals surface area contributed by atoms with Gasteiger partial charge in [-0.3, -0.25) is 0 Å². The molecule has 1 aromatic rings. The van der Waals surface area contributed by atoms with Gasteiger partial charge >= 0.3 is 0 Å². The maximum atomic E-state index is 3.48. The van der Waals surface area contributed by atoms with Gasteiger partial charge in [-0.2, -0.15) is 0 Å². The quantitative estimate of drug-likeness (QED) is 0.873. The normalized spacial score (nSPS) is 20.6. The molecular weight excluding hydrogens is 232 g/mol. The van der Waals surface area contributed by atoms with E-state index in [4.69, 9.17) is 0 Å². The lowest BCUT2D eigenvalue weighted by molar-refractivity contribution is 0.276. The zero-order valence-electron chi connectivity index (χ0n) is 12.9. The monoisotopic (exact) mass is 260 g/mol. The van der Waals surface area contributed by atoms with Gasteiger partial charge in [-0.1, -0.05) is 38.1 Å². The molecule has 0 bridgehead atoms. The van der Waals surface area contributed by atoms with Crippen LogP contribution in [0.5, 0.6) is 0 Å². The van der Waals surface area contributed by atoms with E-state index in [1.807, 2.05) is 0 Å². The van der Waals surface area contributed by atoms with Crippen LogP contribution in [0.3, 0.4) is 0 Å². The molecule has 0 aliphatic carbocycles. The molecule has 1 N–H and O–H groups in total. The first-order valence-corrected chi connectivity index (χ1v) is 7.47. The zero-order chi connectivity index (χ0) is 13.9. The molecule has 1 saturated heterocycles. The lowest BCUT2D eigenvalue weighted by Crippen LogP contribution is -2.28. The van der Waals surface area contributed by atoms with Crippen LogP contribution in [-0.2, 0) is 0 Å². The second kappa shape index (κ2) is 6.06. The molecule has 1 atom stereocenters. The van der Waals surface area contributed by atoms with Crippen LogP contribution in [0, 0.1) is 12.3 Å². The Balaban J connectivity index is 1.92. The molecule has 1 aliphatic rings. The largest absolute Gasteiger partial charge is 0.313 e. The van der Waals surface area contributed by atoms with Crippen LogP contribution >= 0.6 is 0 Å². The van der Waals surface area contributed by atoms with E-state index in [-0.39, 0.29) is 0 Å². The van der Waals surface area contributed by atoms with Crippen molar-refractivity contribution in [1.82, 2.24) is 10.2 Å². The van der Waals surface area contributed by atoms with Crippen molar-refractivity contribution in [3.63, 3.8) is 0 Å². The van der Waals surface area contributed by atoms with Gasteiger partial charge in [-0.05, 0) is 56.4 Å². The summed E-state index contributed by atoms with van der Waals surface area (Å²) in [6.45, 7) is 10.7. The first-order chi connectivity index (χ1) is 9.02. The summed E-state index contributed by atoms with van der Waals surface area (Å²) in [6.07, 6.45) is 2.53. The van der Waals surface area contributed by atoms with Crippen molar-refractivity contribution in [3.8, 4) is 0 Å². The molecular formula is C17H28N2. The van der Waals surface area contributed by atoms with Crippen LogP contribution in [-0.4, -0.2) is 31.6 Å². The summed E-state index contributed by atoms with van der Waals surface area (Å²) in [7, 11) is 2.07. The molecule has 0 radical (unpaired) electrons. The van der Waals surface area contributed by atoms with Crippen molar-refractivity contribution < 1.29 is 0 Å². The molecule has 19 heavy (non-hydrogen) atoms. The predicted octanol–water partition coefficient (Wildman–Crippen LogP) is 3.38. The Morgan fingerprint density at radius 1 is 1.32 bits per heavy atom. The number of hydrogen-bond acceptors (Lipinski definition) is 2. The number of aryl methyl sites for hydroxylation is 1. The minimum atomic E-state index is 0.477. The summed E-state index contributed by atoms with van der Waals surface area (Å²) in [5.74, 6) is 0. The number of nitrogens with zero attached hydrogens (tertiary/aromatic N) is 1. The highest BCUT2D eigenvalue weighted by Gasteiger charge is 2.29. The highest BCUT2D eigenvalue weighted by atomic mass is 15.2. The average molecular weight is 260 g/mol. The SMILES string of the molecule is CNC(CCN1CCC(C)(C)C1)c1ccccc1C. The fourth-order valence-electron chi connectivity index (χ4n) is 3.16. The third-order valence-corrected chi connectivity index (χ3v) is 4.40. The second-order valence-electron chi connectivity index (χ2n) is 6.68. The van der Waals surface area contributed by atoms with Gasteiger partial charge < -0.3 is 10.2 Å². The third kappa shape index (κ3) is 3.80. The van der Waals surface area contributed by atoms with Gasteiger partial charge in [0, 0.05) is 12.6 Å². The van der Waals surface area contributed by atoms with Gasteiger partial charge in [0.1, 0.15) is 0 Å². The Kier molecular flexibility index (Phi) is 4.64. The molecule has 0 aromatic heterocycles. The van der Waals surface area contributed by atoms with E-state index in [2.05, 4.69) is 62.3 Å². The fraction of sp³-hybridized carbons (Fsp3) is 0.647. The molecule has 0 amide bonds. The smallest absolute Gasteiger partial charge is 0.0332 e. The van der Waals surface area contributed by atoms with Crippen molar-refractivity contribution in [1.29, 1.82) is 0 Å². The first-order valence-electron chi connectivity index (χ1n) is 7.47. The van der Waals surface area contributed by atoms with Gasteiger partial charge in [-0.15, -0.1) is 0 Å². The predicted molar refractivity (Wildman–Crippen MR) is 82.4 cm³/mol. The minimum Gasteiger partial charge on any atom is -0.313 e. The van der Waals surface area contributed by atoms with Crippen molar-refractivity contribution in [3.05, 3.63) is 35.4 Å². The molecule has 0 spiro atoms. The summed E-state index contributed by atoms with van der Waals surface area (Å²) in [6, 6.07) is 9.20. The Morgan fingerprint density at radius 2 is 2.05 bits per heavy atom. The second-order valence-corrected chi connectivity index (χ2v) is 6.68. The molecule has 1 aromatic carbocycles. The molecule has 2 rings (SSSR count). The summed E-state index contributed by atoms with van der Waals surface area (Å²) < 4.78 is 0. The van der Waals surface area contributed by atoms with Gasteiger partial charge in [0.15, 0.2) is 0 Å². The number of likely N-dealkylation sites (tertiary alicyclic amines) is 1. The van der Waals surface area contributed by atoms with E-state index in [9.17, 15) is 0 Å². The van der Waals surface area contributed by atoms with Gasteiger partial charge in [0.05, 0.1) is 0 Å². The molecule has 1 aliphatic heterocycles. The minimum absolute atomic E-state index is 0.477. The van der Waals surface area contributed by atoms with Gasteiger partial charge in [0.2, 0.25) is 0 Å². The van der Waals surface area contributed by atoms with E-state index in [0.29, 0.717) is 11.5 Å². The highest BCUT2D eigenvalue weighted by Crippen LogP contribution is 2.29. The molecule has 1 fully saturated rings. The Hall–Kier alpha value is -0.860. The molecule has 106 valence electrons. The summed E-state index contributed by atoms with van der Waals surface area (Å²) in [5.41, 5.74) is 3.35. The number of nitrogens with one attached hydrogen (secondary N) is 1. The van der Waals surface area contributed by atoms with Gasteiger partial charge in [0.25, 0.3) is 0 Å². The molecule has 2 heteroatoms. The third-order valence-electron chi connectivity index (χ3n) is 4.40. The van der Waals surface area contributed by atoms with E-state index in [1.54, 1.807) is 0 Å². The Morgan fingerprint density at radius 3 is 2.63 bits per heavy atom. The summed E-state index contributed by atoms with van der Waals surface area (Å²) in [4.78, 5) is 2.61. The standard InChI is InChI=1S/C17H28N2/c1-14-7-5-6-8-15(14)16(18-4)9-11-19-12-10-17(2,3)13-19/h5-8,16,18H,9-13H2,1-4H3. The molecule has 2 nitrogen and oxygen atoms in total. The topological polar surface area (TPSA) is 15.3 Å². The van der Waals surface area contributed by atoms with E-state index < -0.39 is 0 Å². The number of benzene rings is 1. The summed E-state index contributed by atoms with van der Waals surface area (Å²) >= 11 is 0. The molecule has 1 unspecified atom stereocenters. The maximum absolute atomic E-state index is 3.48. The van der Waals surface area contributed by atoms with Crippen molar-refractivity contribution in [2.24, 2.45) is 5.41 Å². The summed E-state index contributed by atoms with van der Waals surface area (Å²) in [5, 5.41) is 3.48. The zero-order valence-corrected chi connectivity index (χ0v) is 12.9. The van der Waals surface area contributed by atoms with E-state index >= 15 is 0 Å². The Labute approximate surface area is 118 Å². The van der Waals surface area contributed by atoms with Crippen molar-refractivity contribution in [2.45, 2.75) is 39.7 Å². The fourth-order valence-corrected chi connectivity index (χ4v) is 3.16. The molecule has 0 saturated carbocycles.